The zero-order valence-corrected chi connectivity index (χ0v) is 15.3. The number of benzene rings is 2. The maximum absolute atomic E-state index is 11.9. The van der Waals surface area contributed by atoms with Crippen molar-refractivity contribution >= 4 is 5.97 Å². The van der Waals surface area contributed by atoms with E-state index in [-0.39, 0.29) is 0 Å². The lowest BCUT2D eigenvalue weighted by Gasteiger charge is -2.23. The second kappa shape index (κ2) is 6.10. The summed E-state index contributed by atoms with van der Waals surface area (Å²) in [5, 5.41) is 9.76. The highest BCUT2D eigenvalue weighted by Crippen LogP contribution is 2.51. The normalized spacial score (nSPS) is 17.7. The number of carbonyl (C=O) groups is 1. The van der Waals surface area contributed by atoms with E-state index in [0.717, 1.165) is 33.6 Å². The number of fused-ring (bicyclic) bond motifs is 1. The van der Waals surface area contributed by atoms with Gasteiger partial charge in [-0.15, -0.1) is 0 Å². The SMILES string of the molecule is Cc1c(C)c2c(c(C)c1OCc1ccccc1)C(C(=O)O)C(C)(C)O2. The van der Waals surface area contributed by atoms with Crippen LogP contribution in [0.25, 0.3) is 0 Å². The summed E-state index contributed by atoms with van der Waals surface area (Å²) in [7, 11) is 0. The zero-order chi connectivity index (χ0) is 18.4. The average Bonchev–Trinajstić information content (AvgIpc) is 2.85. The highest BCUT2D eigenvalue weighted by molar-refractivity contribution is 5.82. The van der Waals surface area contributed by atoms with Gasteiger partial charge in [-0.2, -0.15) is 0 Å². The summed E-state index contributed by atoms with van der Waals surface area (Å²) in [5.74, 6) is -0.128. The molecule has 0 saturated carbocycles. The van der Waals surface area contributed by atoms with E-state index in [9.17, 15) is 9.90 Å². The number of carboxylic acid groups (broad SMARTS) is 1. The molecule has 0 aromatic heterocycles. The fraction of sp³-hybridized carbons (Fsp3) is 0.381. The molecule has 1 unspecified atom stereocenters. The van der Waals surface area contributed by atoms with Crippen LogP contribution < -0.4 is 9.47 Å². The van der Waals surface area contributed by atoms with Gasteiger partial charge in [0.15, 0.2) is 0 Å². The molecule has 25 heavy (non-hydrogen) atoms. The predicted molar refractivity (Wildman–Crippen MR) is 96.5 cm³/mol. The van der Waals surface area contributed by atoms with Crippen LogP contribution in [0.1, 0.15) is 47.6 Å². The Morgan fingerprint density at radius 2 is 1.76 bits per heavy atom. The van der Waals surface area contributed by atoms with Crippen molar-refractivity contribution in [1.29, 1.82) is 0 Å². The van der Waals surface area contributed by atoms with Crippen molar-refractivity contribution in [2.75, 3.05) is 0 Å². The van der Waals surface area contributed by atoms with Crippen LogP contribution in [0.15, 0.2) is 30.3 Å². The number of ether oxygens (including phenoxy) is 2. The predicted octanol–water partition coefficient (Wildman–Crippen LogP) is 4.53. The Balaban J connectivity index is 2.06. The monoisotopic (exact) mass is 340 g/mol. The summed E-state index contributed by atoms with van der Waals surface area (Å²) in [6.07, 6.45) is 0. The summed E-state index contributed by atoms with van der Waals surface area (Å²) in [6.45, 7) is 9.97. The van der Waals surface area contributed by atoms with Crippen LogP contribution in [0.5, 0.6) is 11.5 Å². The highest BCUT2D eigenvalue weighted by atomic mass is 16.5. The molecule has 4 nitrogen and oxygen atoms in total. The van der Waals surface area contributed by atoms with Gasteiger partial charge >= 0.3 is 5.97 Å². The minimum Gasteiger partial charge on any atom is -0.488 e. The topological polar surface area (TPSA) is 55.8 Å². The molecule has 0 aliphatic carbocycles. The Bertz CT molecular complexity index is 822. The fourth-order valence-electron chi connectivity index (χ4n) is 3.63. The van der Waals surface area contributed by atoms with Gasteiger partial charge < -0.3 is 14.6 Å². The van der Waals surface area contributed by atoms with E-state index in [0.29, 0.717) is 12.4 Å². The molecule has 4 heteroatoms. The van der Waals surface area contributed by atoms with Gasteiger partial charge in [-0.25, -0.2) is 0 Å². The first-order chi connectivity index (χ1) is 11.7. The van der Waals surface area contributed by atoms with Crippen LogP contribution in [0.3, 0.4) is 0 Å². The first-order valence-corrected chi connectivity index (χ1v) is 8.46. The second-order valence-electron chi connectivity index (χ2n) is 7.20. The molecule has 2 aromatic rings. The maximum atomic E-state index is 11.9. The summed E-state index contributed by atoms with van der Waals surface area (Å²) in [6, 6.07) is 9.94. The minimum absolute atomic E-state index is 0.447. The van der Waals surface area contributed by atoms with Crippen molar-refractivity contribution in [1.82, 2.24) is 0 Å². The van der Waals surface area contributed by atoms with Crippen LogP contribution in [-0.2, 0) is 11.4 Å². The van der Waals surface area contributed by atoms with E-state index >= 15 is 0 Å². The Morgan fingerprint density at radius 3 is 2.36 bits per heavy atom. The van der Waals surface area contributed by atoms with Crippen molar-refractivity contribution in [3.63, 3.8) is 0 Å². The van der Waals surface area contributed by atoms with E-state index in [2.05, 4.69) is 0 Å². The number of carboxylic acids is 1. The molecule has 0 fully saturated rings. The van der Waals surface area contributed by atoms with E-state index in [1.807, 2.05) is 65.0 Å². The van der Waals surface area contributed by atoms with Crippen molar-refractivity contribution in [3.05, 3.63) is 58.1 Å². The third-order valence-electron chi connectivity index (χ3n) is 5.05. The van der Waals surface area contributed by atoms with E-state index in [1.54, 1.807) is 0 Å². The molecule has 1 N–H and O–H groups in total. The molecule has 2 aromatic carbocycles. The lowest BCUT2D eigenvalue weighted by Crippen LogP contribution is -2.35. The smallest absolute Gasteiger partial charge is 0.315 e. The average molecular weight is 340 g/mol. The number of hydrogen-bond donors (Lipinski definition) is 1. The Morgan fingerprint density at radius 1 is 1.12 bits per heavy atom. The lowest BCUT2D eigenvalue weighted by atomic mass is 9.83. The van der Waals surface area contributed by atoms with Gasteiger partial charge in [0, 0.05) is 5.56 Å². The molecule has 132 valence electrons. The third-order valence-corrected chi connectivity index (χ3v) is 5.05. The summed E-state index contributed by atoms with van der Waals surface area (Å²) in [5.41, 5.74) is 3.82. The molecule has 0 saturated heterocycles. The van der Waals surface area contributed by atoms with Crippen LogP contribution in [0.4, 0.5) is 0 Å². The standard InChI is InChI=1S/C21H24O4/c1-12-13(2)19-16(17(20(22)23)21(4,5)25-19)14(3)18(12)24-11-15-9-7-6-8-10-15/h6-10,17H,11H2,1-5H3,(H,22,23). The van der Waals surface area contributed by atoms with Crippen molar-refractivity contribution in [2.24, 2.45) is 0 Å². The first kappa shape index (κ1) is 17.3. The molecular weight excluding hydrogens is 316 g/mol. The summed E-state index contributed by atoms with van der Waals surface area (Å²) < 4.78 is 12.1. The molecule has 1 atom stereocenters. The third kappa shape index (κ3) is 2.86. The molecule has 0 amide bonds. The van der Waals surface area contributed by atoms with Gasteiger partial charge in [-0.3, -0.25) is 4.79 Å². The first-order valence-electron chi connectivity index (χ1n) is 8.46. The zero-order valence-electron chi connectivity index (χ0n) is 15.3. The quantitative estimate of drug-likeness (QED) is 0.888. The second-order valence-corrected chi connectivity index (χ2v) is 7.20. The van der Waals surface area contributed by atoms with Gasteiger partial charge in [0.05, 0.1) is 0 Å². The maximum Gasteiger partial charge on any atom is 0.315 e. The van der Waals surface area contributed by atoms with Crippen LogP contribution in [0.2, 0.25) is 0 Å². The highest BCUT2D eigenvalue weighted by Gasteiger charge is 2.48. The molecular formula is C21H24O4. The molecule has 0 bridgehead atoms. The van der Waals surface area contributed by atoms with Crippen LogP contribution in [-0.4, -0.2) is 16.7 Å². The van der Waals surface area contributed by atoms with E-state index in [4.69, 9.17) is 9.47 Å². The molecule has 0 spiro atoms. The molecule has 1 aliphatic heterocycles. The van der Waals surface area contributed by atoms with Crippen molar-refractivity contribution in [3.8, 4) is 11.5 Å². The Kier molecular flexibility index (Phi) is 4.23. The number of rotatable bonds is 4. The minimum atomic E-state index is -0.871. The van der Waals surface area contributed by atoms with Gasteiger partial charge in [0.1, 0.15) is 29.6 Å². The molecule has 3 rings (SSSR count). The van der Waals surface area contributed by atoms with E-state index in [1.165, 1.54) is 0 Å². The molecule has 1 heterocycles. The van der Waals surface area contributed by atoms with Crippen molar-refractivity contribution < 1.29 is 19.4 Å². The number of aliphatic carboxylic acids is 1. The Hall–Kier alpha value is -2.49. The van der Waals surface area contributed by atoms with Gasteiger partial charge in [-0.05, 0) is 56.9 Å². The van der Waals surface area contributed by atoms with Gasteiger partial charge in [0.25, 0.3) is 0 Å². The van der Waals surface area contributed by atoms with Gasteiger partial charge in [0.2, 0.25) is 0 Å². The largest absolute Gasteiger partial charge is 0.488 e. The van der Waals surface area contributed by atoms with Crippen LogP contribution >= 0.6 is 0 Å². The molecule has 1 aliphatic rings. The van der Waals surface area contributed by atoms with Crippen LogP contribution in [0, 0.1) is 20.8 Å². The van der Waals surface area contributed by atoms with Crippen molar-refractivity contribution in [2.45, 2.75) is 52.7 Å². The Labute approximate surface area is 148 Å². The molecule has 0 radical (unpaired) electrons. The van der Waals surface area contributed by atoms with Gasteiger partial charge in [-0.1, -0.05) is 30.3 Å². The number of hydrogen-bond acceptors (Lipinski definition) is 3. The fourth-order valence-corrected chi connectivity index (χ4v) is 3.63. The summed E-state index contributed by atoms with van der Waals surface area (Å²) >= 11 is 0. The summed E-state index contributed by atoms with van der Waals surface area (Å²) in [4.78, 5) is 11.9. The van der Waals surface area contributed by atoms with E-state index < -0.39 is 17.5 Å². The lowest BCUT2D eigenvalue weighted by molar-refractivity contribution is -0.142.